The summed E-state index contributed by atoms with van der Waals surface area (Å²) in [6.07, 6.45) is 7.71. The molecule has 1 aromatic rings. The Morgan fingerprint density at radius 1 is 1.12 bits per heavy atom. The van der Waals surface area contributed by atoms with E-state index in [-0.39, 0.29) is 11.6 Å². The lowest BCUT2D eigenvalue weighted by Gasteiger charge is -2.56. The Balaban J connectivity index is 1.46. The first kappa shape index (κ1) is 17.6. The van der Waals surface area contributed by atoms with Crippen molar-refractivity contribution in [2.45, 2.75) is 70.4 Å². The fourth-order valence-electron chi connectivity index (χ4n) is 6.07. The summed E-state index contributed by atoms with van der Waals surface area (Å²) in [5, 5.41) is 6.65. The second-order valence-corrected chi connectivity index (χ2v) is 9.76. The molecule has 0 aromatic heterocycles. The fourth-order valence-corrected chi connectivity index (χ4v) is 6.07. The number of rotatable bonds is 4. The van der Waals surface area contributed by atoms with E-state index in [0.29, 0.717) is 0 Å². The molecule has 2 amide bonds. The third-order valence-corrected chi connectivity index (χ3v) is 6.92. The highest BCUT2D eigenvalue weighted by Crippen LogP contribution is 2.55. The lowest BCUT2D eigenvalue weighted by atomic mass is 9.53. The minimum atomic E-state index is -0.419. The summed E-state index contributed by atoms with van der Waals surface area (Å²) in [5.74, 6) is 2.51. The first-order valence-electron chi connectivity index (χ1n) is 10.1. The van der Waals surface area contributed by atoms with Gasteiger partial charge in [0.25, 0.3) is 0 Å². The van der Waals surface area contributed by atoms with Gasteiger partial charge >= 0.3 is 6.03 Å². The van der Waals surface area contributed by atoms with Crippen LogP contribution in [0.1, 0.15) is 70.4 Å². The van der Waals surface area contributed by atoms with Crippen molar-refractivity contribution in [1.82, 2.24) is 10.6 Å². The van der Waals surface area contributed by atoms with Crippen LogP contribution in [0.25, 0.3) is 5.57 Å². The zero-order chi connectivity index (χ0) is 18.5. The number of nitrogens with one attached hydrogen (secondary N) is 2. The number of benzene rings is 1. The summed E-state index contributed by atoms with van der Waals surface area (Å²) in [5.41, 5.74) is 2.91. The molecule has 0 atom stereocenters. The number of carbonyl (C=O) groups excluding carboxylic acids is 1. The van der Waals surface area contributed by atoms with Crippen LogP contribution in [0.15, 0.2) is 30.8 Å². The van der Waals surface area contributed by atoms with E-state index in [1.54, 1.807) is 0 Å². The van der Waals surface area contributed by atoms with Crippen LogP contribution in [0.3, 0.4) is 0 Å². The summed E-state index contributed by atoms with van der Waals surface area (Å²) < 4.78 is 0. The topological polar surface area (TPSA) is 41.1 Å². The van der Waals surface area contributed by atoms with Crippen LogP contribution in [0.2, 0.25) is 0 Å². The lowest BCUT2D eigenvalue weighted by Crippen LogP contribution is -2.62. The van der Waals surface area contributed by atoms with Gasteiger partial charge in [0.05, 0.1) is 5.54 Å². The van der Waals surface area contributed by atoms with E-state index >= 15 is 0 Å². The van der Waals surface area contributed by atoms with Crippen molar-refractivity contribution in [3.8, 4) is 0 Å². The molecule has 0 unspecified atom stereocenters. The Morgan fingerprint density at radius 2 is 1.69 bits per heavy atom. The number of urea groups is 1. The average Bonchev–Trinajstić information content (AvgIpc) is 2.52. The van der Waals surface area contributed by atoms with Gasteiger partial charge in [0.1, 0.15) is 0 Å². The molecule has 3 heteroatoms. The van der Waals surface area contributed by atoms with Gasteiger partial charge in [-0.25, -0.2) is 4.79 Å². The predicted octanol–water partition coefficient (Wildman–Crippen LogP) is 5.22. The fraction of sp³-hybridized carbons (Fsp3) is 0.609. The van der Waals surface area contributed by atoms with Gasteiger partial charge in [-0.2, -0.15) is 0 Å². The molecule has 26 heavy (non-hydrogen) atoms. The van der Waals surface area contributed by atoms with Crippen molar-refractivity contribution in [1.29, 1.82) is 0 Å². The molecule has 0 saturated heterocycles. The molecule has 3 nitrogen and oxygen atoms in total. The quantitative estimate of drug-likeness (QED) is 0.766. The maximum atomic E-state index is 12.9. The lowest BCUT2D eigenvalue weighted by molar-refractivity contribution is -0.0138. The second-order valence-electron chi connectivity index (χ2n) is 9.76. The van der Waals surface area contributed by atoms with Crippen LogP contribution < -0.4 is 10.6 Å². The summed E-state index contributed by atoms with van der Waals surface area (Å²) in [6.45, 7) is 10.2. The summed E-state index contributed by atoms with van der Waals surface area (Å²) >= 11 is 0. The van der Waals surface area contributed by atoms with Gasteiger partial charge in [0, 0.05) is 5.54 Å². The molecule has 4 aliphatic rings. The van der Waals surface area contributed by atoms with Crippen LogP contribution in [-0.4, -0.2) is 11.6 Å². The highest BCUT2D eigenvalue weighted by Gasteiger charge is 2.51. The minimum absolute atomic E-state index is 0.0160. The van der Waals surface area contributed by atoms with Gasteiger partial charge < -0.3 is 10.6 Å². The molecule has 140 valence electrons. The van der Waals surface area contributed by atoms with Crippen LogP contribution in [0.5, 0.6) is 0 Å². The maximum Gasteiger partial charge on any atom is 0.315 e. The first-order valence-corrected chi connectivity index (χ1v) is 10.1. The van der Waals surface area contributed by atoms with E-state index in [2.05, 4.69) is 49.3 Å². The second kappa shape index (κ2) is 6.14. The first-order chi connectivity index (χ1) is 12.2. The highest BCUT2D eigenvalue weighted by molar-refractivity contribution is 5.76. The van der Waals surface area contributed by atoms with Gasteiger partial charge in [0.15, 0.2) is 0 Å². The molecule has 4 fully saturated rings. The Bertz CT molecular complexity index is 698. The molecule has 4 aliphatic carbocycles. The van der Waals surface area contributed by atoms with E-state index < -0.39 is 5.54 Å². The van der Waals surface area contributed by atoms with E-state index in [4.69, 9.17) is 0 Å². The SMILES string of the molecule is C=C(C)c1cccc(C(C)(C)NC(=O)NC23CC4CC(CC(C4)C2)C3)c1. The van der Waals surface area contributed by atoms with Crippen LogP contribution in [0, 0.1) is 17.8 Å². The van der Waals surface area contributed by atoms with Crippen LogP contribution in [0.4, 0.5) is 4.79 Å². The highest BCUT2D eigenvalue weighted by atomic mass is 16.2. The average molecular weight is 353 g/mol. The van der Waals surface area contributed by atoms with E-state index in [1.165, 1.54) is 38.5 Å². The molecule has 4 saturated carbocycles. The molecule has 0 radical (unpaired) electrons. The third-order valence-electron chi connectivity index (χ3n) is 6.92. The zero-order valence-corrected chi connectivity index (χ0v) is 16.4. The molecular weight excluding hydrogens is 320 g/mol. The van der Waals surface area contributed by atoms with Crippen molar-refractivity contribution >= 4 is 11.6 Å². The van der Waals surface area contributed by atoms with E-state index in [1.807, 2.05) is 13.0 Å². The standard InChI is InChI=1S/C23H32N2O/c1-15(2)19-6-5-7-20(11-19)22(3,4)24-21(26)25-23-12-16-8-17(13-23)10-18(9-16)14-23/h5-7,11,16-18H,1,8-10,12-14H2,2-4H3,(H2,24,25,26). The third kappa shape index (κ3) is 3.28. The molecule has 4 bridgehead atoms. The number of carbonyl (C=O) groups is 1. The molecule has 0 spiro atoms. The maximum absolute atomic E-state index is 12.9. The summed E-state index contributed by atoms with van der Waals surface area (Å²) in [6, 6.07) is 8.31. The van der Waals surface area contributed by atoms with Gasteiger partial charge in [-0.15, -0.1) is 0 Å². The zero-order valence-electron chi connectivity index (χ0n) is 16.4. The van der Waals surface area contributed by atoms with Crippen molar-refractivity contribution in [2.75, 3.05) is 0 Å². The Morgan fingerprint density at radius 3 is 2.23 bits per heavy atom. The van der Waals surface area contributed by atoms with E-state index in [0.717, 1.165) is 34.5 Å². The molecular formula is C23H32N2O. The van der Waals surface area contributed by atoms with Crippen molar-refractivity contribution < 1.29 is 4.79 Å². The molecule has 1 aromatic carbocycles. The number of hydrogen-bond donors (Lipinski definition) is 2. The Hall–Kier alpha value is -1.77. The molecule has 2 N–H and O–H groups in total. The smallest absolute Gasteiger partial charge is 0.315 e. The minimum Gasteiger partial charge on any atom is -0.333 e. The van der Waals surface area contributed by atoms with Crippen LogP contribution >= 0.6 is 0 Å². The molecule has 0 heterocycles. The van der Waals surface area contributed by atoms with E-state index in [9.17, 15) is 4.79 Å². The van der Waals surface area contributed by atoms with Crippen molar-refractivity contribution in [2.24, 2.45) is 17.8 Å². The Labute approximate surface area is 157 Å². The van der Waals surface area contributed by atoms with Crippen molar-refractivity contribution in [3.63, 3.8) is 0 Å². The van der Waals surface area contributed by atoms with Crippen molar-refractivity contribution in [3.05, 3.63) is 42.0 Å². The van der Waals surface area contributed by atoms with Gasteiger partial charge in [-0.3, -0.25) is 0 Å². The number of amides is 2. The normalized spacial score (nSPS) is 32.3. The molecule has 5 rings (SSSR count). The summed E-state index contributed by atoms with van der Waals surface area (Å²) in [7, 11) is 0. The number of hydrogen-bond acceptors (Lipinski definition) is 1. The van der Waals surface area contributed by atoms with Gasteiger partial charge in [0.2, 0.25) is 0 Å². The predicted molar refractivity (Wildman–Crippen MR) is 107 cm³/mol. The van der Waals surface area contributed by atoms with Crippen LogP contribution in [-0.2, 0) is 5.54 Å². The molecule has 0 aliphatic heterocycles. The largest absolute Gasteiger partial charge is 0.333 e. The van der Waals surface area contributed by atoms with Gasteiger partial charge in [-0.05, 0) is 94.2 Å². The number of allylic oxidation sites excluding steroid dienone is 1. The van der Waals surface area contributed by atoms with Gasteiger partial charge in [-0.1, -0.05) is 30.4 Å². The monoisotopic (exact) mass is 352 g/mol. The summed E-state index contributed by atoms with van der Waals surface area (Å²) in [4.78, 5) is 12.9. The Kier molecular flexibility index (Phi) is 4.17.